The Hall–Kier alpha value is -8.76. The van der Waals surface area contributed by atoms with Crippen LogP contribution in [-0.2, 0) is 47.8 Å². The summed E-state index contributed by atoms with van der Waals surface area (Å²) < 4.78 is 26.9. The Morgan fingerprint density at radius 1 is 0.258 bits per heavy atom. The van der Waals surface area contributed by atoms with E-state index in [0.29, 0.717) is 0 Å². The summed E-state index contributed by atoms with van der Waals surface area (Å²) in [5, 5.41) is 7.34. The van der Waals surface area contributed by atoms with E-state index >= 15 is 0 Å². The minimum absolute atomic E-state index is 0.121. The van der Waals surface area contributed by atoms with Crippen LogP contribution in [0.25, 0.3) is 65.7 Å². The second-order valence-corrected chi connectivity index (χ2v) is 39.2. The number of halogens is 6. The monoisotopic (exact) mass is 1960 g/mol. The van der Waals surface area contributed by atoms with Crippen molar-refractivity contribution in [3.63, 3.8) is 0 Å². The highest BCUT2D eigenvalue weighted by molar-refractivity contribution is 9.11. The topological polar surface area (TPSA) is 37.4 Å². The van der Waals surface area contributed by atoms with Gasteiger partial charge in [0.15, 0.2) is 0 Å². The Bertz CT molecular complexity index is 6220. The normalized spacial score (nSPS) is 17.8. The third kappa shape index (κ3) is 15.3. The number of hydrogen-bond acceptors (Lipinski definition) is 6. The molecule has 4 aliphatic heterocycles. The van der Waals surface area contributed by atoms with E-state index in [1.807, 2.05) is 0 Å². The summed E-state index contributed by atoms with van der Waals surface area (Å²) in [5.41, 5.74) is 24.1. The predicted molar refractivity (Wildman–Crippen MR) is 523 cm³/mol. The van der Waals surface area contributed by atoms with Gasteiger partial charge in [-0.1, -0.05) is 245 Å². The van der Waals surface area contributed by atoms with E-state index in [4.69, 9.17) is 14.2 Å². The lowest BCUT2D eigenvalue weighted by Gasteiger charge is -2.34. The summed E-state index contributed by atoms with van der Waals surface area (Å²) >= 11 is 21.8. The van der Waals surface area contributed by atoms with Crippen LogP contribution in [0.15, 0.2) is 336 Å². The van der Waals surface area contributed by atoms with Crippen molar-refractivity contribution in [3.05, 3.63) is 370 Å². The number of nitrogens with zero attached hydrogens (tertiary/aromatic N) is 3. The van der Waals surface area contributed by atoms with Crippen molar-refractivity contribution in [2.75, 3.05) is 14.7 Å². The van der Waals surface area contributed by atoms with Crippen LogP contribution in [-0.4, -0.2) is 0 Å². The molecule has 0 amide bonds. The molecule has 6 nitrogen and oxygen atoms in total. The molecule has 120 heavy (non-hydrogen) atoms. The first-order valence-corrected chi connectivity index (χ1v) is 46.9. The van der Waals surface area contributed by atoms with Gasteiger partial charge in [0.05, 0.1) is 50.7 Å². The number of rotatable bonds is 16. The van der Waals surface area contributed by atoms with E-state index < -0.39 is 0 Å². The summed E-state index contributed by atoms with van der Waals surface area (Å²) in [6, 6.07) is 113. The Morgan fingerprint density at radius 3 is 0.858 bits per heavy atom. The summed E-state index contributed by atoms with van der Waals surface area (Å²) in [4.78, 5) is 7.10. The zero-order valence-corrected chi connectivity index (χ0v) is 78.4. The molecule has 2 bridgehead atoms. The van der Waals surface area contributed by atoms with E-state index in [1.165, 1.54) is 112 Å². The number of ether oxygens (including phenoxy) is 3. The minimum Gasteiger partial charge on any atom is -0.360 e. The van der Waals surface area contributed by atoms with E-state index in [0.717, 1.165) is 129 Å². The zero-order valence-electron chi connectivity index (χ0n) is 68.9. The third-order valence-corrected chi connectivity index (χ3v) is 29.3. The molecule has 20 rings (SSSR count). The lowest BCUT2D eigenvalue weighted by molar-refractivity contribution is -0.151. The molecule has 15 aromatic rings. The molecule has 15 aromatic carbocycles. The quantitative estimate of drug-likeness (QED) is 0.0960. The molecular weight excluding hydrogens is 1870 g/mol. The largest absolute Gasteiger partial charge is 0.360 e. The summed E-state index contributed by atoms with van der Waals surface area (Å²) in [6.45, 7) is 18.0. The molecule has 1 saturated carbocycles. The highest BCUT2D eigenvalue weighted by atomic mass is 79.9. The first-order chi connectivity index (χ1) is 58.0. The van der Waals surface area contributed by atoms with Crippen molar-refractivity contribution in [1.82, 2.24) is 0 Å². The second-order valence-electron chi connectivity index (χ2n) is 33.7. The maximum Gasteiger partial charge on any atom is 0.0946 e. The van der Waals surface area contributed by atoms with Crippen molar-refractivity contribution in [2.45, 2.75) is 153 Å². The number of fused-ring (bicyclic) bond motifs is 11. The van der Waals surface area contributed by atoms with Gasteiger partial charge in [0.2, 0.25) is 0 Å². The molecule has 1 spiro atoms. The summed E-state index contributed by atoms with van der Waals surface area (Å²) in [6.07, 6.45) is 10.7. The Labute approximate surface area is 757 Å². The number of hydrogen-bond donors (Lipinski definition) is 0. The van der Waals surface area contributed by atoms with Gasteiger partial charge in [-0.25, -0.2) is 0 Å². The smallest absolute Gasteiger partial charge is 0.0946 e. The molecule has 5 aliphatic rings. The van der Waals surface area contributed by atoms with E-state index in [9.17, 15) is 0 Å². The van der Waals surface area contributed by atoms with Crippen molar-refractivity contribution in [2.24, 2.45) is 0 Å². The van der Waals surface area contributed by atoms with E-state index in [2.05, 4.69) is 475 Å². The molecule has 12 heteroatoms. The average molecular weight is 1960 g/mol. The molecule has 2 atom stereocenters. The molecule has 2 unspecified atom stereocenters. The van der Waals surface area contributed by atoms with Gasteiger partial charge in [0, 0.05) is 77.7 Å². The van der Waals surface area contributed by atoms with Crippen molar-refractivity contribution >= 4 is 179 Å². The van der Waals surface area contributed by atoms with Gasteiger partial charge in [0.1, 0.15) is 0 Å². The lowest BCUT2D eigenvalue weighted by atomic mass is 9.77. The molecule has 2 fully saturated rings. The van der Waals surface area contributed by atoms with E-state index in [-0.39, 0.29) is 33.6 Å². The fourth-order valence-electron chi connectivity index (χ4n) is 19.9. The Balaban J connectivity index is 0.000000124. The van der Waals surface area contributed by atoms with Crippen LogP contribution in [0.1, 0.15) is 153 Å². The van der Waals surface area contributed by atoms with Gasteiger partial charge in [-0.05, 0) is 362 Å². The van der Waals surface area contributed by atoms with Crippen LogP contribution in [0.3, 0.4) is 0 Å². The summed E-state index contributed by atoms with van der Waals surface area (Å²) in [5.74, 6) is 0. The van der Waals surface area contributed by atoms with Crippen molar-refractivity contribution in [1.29, 1.82) is 0 Å². The molecule has 4 heterocycles. The van der Waals surface area contributed by atoms with Gasteiger partial charge >= 0.3 is 0 Å². The van der Waals surface area contributed by atoms with Gasteiger partial charge in [-0.3, -0.25) is 0 Å². The van der Waals surface area contributed by atoms with Crippen LogP contribution in [0.2, 0.25) is 0 Å². The molecule has 0 radical (unpaired) electrons. The van der Waals surface area contributed by atoms with Gasteiger partial charge in [0.25, 0.3) is 0 Å². The van der Waals surface area contributed by atoms with E-state index in [1.54, 1.807) is 0 Å². The first kappa shape index (κ1) is 82.2. The third-order valence-electron chi connectivity index (χ3n) is 26.1. The van der Waals surface area contributed by atoms with Crippen LogP contribution in [0.4, 0.5) is 51.2 Å². The molecule has 0 aromatic heterocycles. The highest BCUT2D eigenvalue weighted by Crippen LogP contribution is 2.61. The maximum atomic E-state index is 7.08. The molecule has 0 N–H and O–H groups in total. The zero-order chi connectivity index (χ0) is 83.0. The Morgan fingerprint density at radius 2 is 0.533 bits per heavy atom. The van der Waals surface area contributed by atoms with Crippen LogP contribution in [0.5, 0.6) is 0 Å². The Kier molecular flexibility index (Phi) is 22.7. The molecule has 1 saturated heterocycles. The minimum atomic E-state index is -0.316. The molecular formula is C108H95Br6N3O3. The van der Waals surface area contributed by atoms with Crippen LogP contribution < -0.4 is 14.7 Å². The second kappa shape index (κ2) is 33.1. The fraction of sp³-hybridized carbons (Fsp3) is 0.222. The van der Waals surface area contributed by atoms with Gasteiger partial charge < -0.3 is 28.9 Å². The van der Waals surface area contributed by atoms with Gasteiger partial charge in [-0.2, -0.15) is 0 Å². The van der Waals surface area contributed by atoms with Crippen molar-refractivity contribution in [3.8, 4) is 33.4 Å². The maximum absolute atomic E-state index is 7.08. The standard InChI is InChI=1S/C38H37Br2NO.C36H31Br2NO.C34H27Br2NO/c1-5-37(6-2)34-22-13-28(24-35(34)38(7-3,8-4)42-37)33-23-26-11-9-10-12-27(26)25-36(33)41(31-18-14-29(39)15-19-31)32-20-16-30(40)17-21-32;1-35(2)33-22-26(9-18-32(33)36(40-35)19-5-6-20-36)31-21-24-7-3-4-8-25(24)23-34(31)39(29-14-10-27(37)11-15-29)30-16-12-28(38)13-17-30;1-33-17-18-34(2,38-33)31-20-24(7-16-30(31)33)29-19-22-5-3-4-6-23(22)21-32(29)37(27-12-8-25(35)9-13-27)28-14-10-26(36)11-15-28/h9-25H,5-8H2,1-4H3;3-4,7-18,21-23H,5-6,19-20H2,1-2H3;3-16,19-21H,17-18H2,1-2H3. The van der Waals surface area contributed by atoms with Crippen LogP contribution in [0, 0.1) is 0 Å². The highest BCUT2D eigenvalue weighted by Gasteiger charge is 2.55. The van der Waals surface area contributed by atoms with Crippen LogP contribution >= 0.6 is 95.6 Å². The summed E-state index contributed by atoms with van der Waals surface area (Å²) in [7, 11) is 0. The van der Waals surface area contributed by atoms with Gasteiger partial charge in [-0.15, -0.1) is 0 Å². The molecule has 602 valence electrons. The first-order valence-electron chi connectivity index (χ1n) is 42.1. The fourth-order valence-corrected chi connectivity index (χ4v) is 21.5. The SMILES string of the molecule is CC1(C)OC2(CCCC2)c2ccc(-c3cc4ccccc4cc3N(c3ccc(Br)cc3)c3ccc(Br)cc3)cc21.CC12CCC(C)(O1)c1cc(-c3cc4ccccc4cc3N(c3ccc(Br)cc3)c3ccc(Br)cc3)ccc12.CCC1(CC)OC(CC)(CC)c2cc(-c3cc4ccccc4cc3N(c3ccc(Br)cc3)c3ccc(Br)cc3)ccc21. The lowest BCUT2D eigenvalue weighted by Crippen LogP contribution is -2.31. The number of anilines is 9. The van der Waals surface area contributed by atoms with Crippen molar-refractivity contribution < 1.29 is 14.2 Å². The predicted octanol–water partition coefficient (Wildman–Crippen LogP) is 34.9. The molecule has 1 aliphatic carbocycles. The average Bonchev–Trinajstić information content (AvgIpc) is 1.55. The number of benzene rings is 15.